The first kappa shape index (κ1) is 16.2. The van der Waals surface area contributed by atoms with Crippen molar-refractivity contribution < 1.29 is 4.74 Å². The summed E-state index contributed by atoms with van der Waals surface area (Å²) in [7, 11) is 0. The zero-order chi connectivity index (χ0) is 15.4. The maximum atomic E-state index is 6.39. The Morgan fingerprint density at radius 1 is 1.29 bits per heavy atom. The van der Waals surface area contributed by atoms with E-state index in [0.717, 1.165) is 41.9 Å². The largest absolute Gasteiger partial charge is 0.492 e. The summed E-state index contributed by atoms with van der Waals surface area (Å²) in [5, 5.41) is -0.113. The Bertz CT molecular complexity index is 592. The summed E-state index contributed by atoms with van der Waals surface area (Å²) in [6, 6.07) is 6.57. The number of halogens is 1. The number of imidazole rings is 1. The van der Waals surface area contributed by atoms with Crippen molar-refractivity contribution in [1.29, 1.82) is 0 Å². The Morgan fingerprint density at radius 3 is 2.62 bits per heavy atom. The van der Waals surface area contributed by atoms with Crippen LogP contribution in [0.25, 0.3) is 11.0 Å². The molecule has 1 heterocycles. The van der Waals surface area contributed by atoms with Gasteiger partial charge in [-0.05, 0) is 38.8 Å². The van der Waals surface area contributed by atoms with E-state index in [1.54, 1.807) is 0 Å². The zero-order valence-electron chi connectivity index (χ0n) is 13.4. The number of benzene rings is 1. The number of nitrogens with zero attached hydrogens (tertiary/aromatic N) is 2. The maximum Gasteiger partial charge on any atom is 0.147 e. The van der Waals surface area contributed by atoms with E-state index < -0.39 is 0 Å². The molecule has 2 unspecified atom stereocenters. The van der Waals surface area contributed by atoms with Gasteiger partial charge in [0.15, 0.2) is 0 Å². The van der Waals surface area contributed by atoms with Crippen molar-refractivity contribution in [3.05, 3.63) is 24.0 Å². The fourth-order valence-electron chi connectivity index (χ4n) is 2.89. The predicted octanol–water partition coefficient (Wildman–Crippen LogP) is 5.49. The molecule has 116 valence electrons. The van der Waals surface area contributed by atoms with Gasteiger partial charge in [0, 0.05) is 6.04 Å². The normalized spacial score (nSPS) is 14.3. The summed E-state index contributed by atoms with van der Waals surface area (Å²) >= 11 is 6.39. The first-order chi connectivity index (χ1) is 10.1. The van der Waals surface area contributed by atoms with Gasteiger partial charge in [0.25, 0.3) is 0 Å². The molecule has 0 aliphatic heterocycles. The number of ether oxygens (including phenoxy) is 1. The van der Waals surface area contributed by atoms with Crippen LogP contribution in [0.15, 0.2) is 18.2 Å². The number of fused-ring (bicyclic) bond motifs is 1. The van der Waals surface area contributed by atoms with Crippen molar-refractivity contribution in [2.75, 3.05) is 6.61 Å². The predicted molar refractivity (Wildman–Crippen MR) is 89.4 cm³/mol. The summed E-state index contributed by atoms with van der Waals surface area (Å²) in [6.07, 6.45) is 3.37. The van der Waals surface area contributed by atoms with Crippen molar-refractivity contribution in [1.82, 2.24) is 9.55 Å². The molecular weight excluding hydrogens is 284 g/mol. The van der Waals surface area contributed by atoms with E-state index >= 15 is 0 Å². The van der Waals surface area contributed by atoms with Gasteiger partial charge in [-0.15, -0.1) is 11.6 Å². The average Bonchev–Trinajstić information content (AvgIpc) is 2.86. The van der Waals surface area contributed by atoms with Crippen LogP contribution in [0.1, 0.15) is 64.2 Å². The second-order valence-electron chi connectivity index (χ2n) is 5.36. The zero-order valence-corrected chi connectivity index (χ0v) is 14.2. The van der Waals surface area contributed by atoms with Crippen molar-refractivity contribution in [2.24, 2.45) is 0 Å². The van der Waals surface area contributed by atoms with Gasteiger partial charge in [-0.25, -0.2) is 4.98 Å². The van der Waals surface area contributed by atoms with Crippen LogP contribution in [0, 0.1) is 0 Å². The molecule has 2 rings (SSSR count). The molecule has 0 radical (unpaired) electrons. The van der Waals surface area contributed by atoms with E-state index in [-0.39, 0.29) is 5.38 Å². The van der Waals surface area contributed by atoms with Gasteiger partial charge in [-0.3, -0.25) is 0 Å². The molecule has 0 saturated heterocycles. The average molecular weight is 309 g/mol. The second kappa shape index (κ2) is 7.17. The number of hydrogen-bond acceptors (Lipinski definition) is 2. The summed E-state index contributed by atoms with van der Waals surface area (Å²) in [5.41, 5.74) is 2.06. The second-order valence-corrected chi connectivity index (χ2v) is 6.02. The molecule has 0 amide bonds. The van der Waals surface area contributed by atoms with Crippen LogP contribution in [0.5, 0.6) is 5.75 Å². The van der Waals surface area contributed by atoms with Gasteiger partial charge >= 0.3 is 0 Å². The fourth-order valence-corrected chi connectivity index (χ4v) is 3.05. The molecule has 0 bridgehead atoms. The van der Waals surface area contributed by atoms with Gasteiger partial charge in [-0.2, -0.15) is 0 Å². The van der Waals surface area contributed by atoms with Gasteiger partial charge in [-0.1, -0.05) is 26.3 Å². The number of hydrogen-bond donors (Lipinski definition) is 0. The van der Waals surface area contributed by atoms with Crippen LogP contribution < -0.4 is 4.74 Å². The van der Waals surface area contributed by atoms with E-state index in [9.17, 15) is 0 Å². The fraction of sp³-hybridized carbons (Fsp3) is 0.588. The molecule has 2 atom stereocenters. The van der Waals surface area contributed by atoms with E-state index in [0.29, 0.717) is 12.6 Å². The molecule has 21 heavy (non-hydrogen) atoms. The number of rotatable bonds is 7. The van der Waals surface area contributed by atoms with Gasteiger partial charge in [0.05, 0.1) is 17.5 Å². The molecule has 4 heteroatoms. The Balaban J connectivity index is 2.65. The van der Waals surface area contributed by atoms with E-state index in [2.05, 4.69) is 24.5 Å². The Morgan fingerprint density at radius 2 is 2.05 bits per heavy atom. The van der Waals surface area contributed by atoms with Crippen molar-refractivity contribution in [3.8, 4) is 5.75 Å². The molecule has 0 aliphatic carbocycles. The maximum absolute atomic E-state index is 6.39. The molecule has 2 aromatic rings. The first-order valence-electron chi connectivity index (χ1n) is 7.91. The van der Waals surface area contributed by atoms with Crippen LogP contribution in [-0.2, 0) is 0 Å². The lowest BCUT2D eigenvalue weighted by Crippen LogP contribution is -2.12. The third kappa shape index (κ3) is 3.18. The molecule has 0 spiro atoms. The van der Waals surface area contributed by atoms with Crippen LogP contribution >= 0.6 is 11.6 Å². The topological polar surface area (TPSA) is 27.1 Å². The third-order valence-electron chi connectivity index (χ3n) is 3.82. The van der Waals surface area contributed by atoms with Crippen LogP contribution in [0.4, 0.5) is 0 Å². The Kier molecular flexibility index (Phi) is 5.51. The van der Waals surface area contributed by atoms with Crippen LogP contribution in [0.2, 0.25) is 0 Å². The lowest BCUT2D eigenvalue weighted by atomic mass is 10.1. The molecule has 0 aliphatic rings. The van der Waals surface area contributed by atoms with Gasteiger partial charge in [0.2, 0.25) is 0 Å². The number of alkyl halides is 1. The quantitative estimate of drug-likeness (QED) is 0.633. The third-order valence-corrected chi connectivity index (χ3v) is 4.02. The molecular formula is C17H25ClN2O. The van der Waals surface area contributed by atoms with E-state index in [4.69, 9.17) is 21.3 Å². The highest BCUT2D eigenvalue weighted by atomic mass is 35.5. The minimum atomic E-state index is -0.113. The molecule has 0 saturated carbocycles. The highest BCUT2D eigenvalue weighted by Gasteiger charge is 2.22. The van der Waals surface area contributed by atoms with Crippen molar-refractivity contribution >= 4 is 22.6 Å². The van der Waals surface area contributed by atoms with Crippen LogP contribution in [0.3, 0.4) is 0 Å². The summed E-state index contributed by atoms with van der Waals surface area (Å²) in [4.78, 5) is 4.79. The SMILES string of the molecule is CCCC(CC)n1c(C(C)Cl)nc2c(OCC)cccc21. The van der Waals surface area contributed by atoms with Crippen molar-refractivity contribution in [3.63, 3.8) is 0 Å². The van der Waals surface area contributed by atoms with E-state index in [1.165, 1.54) is 0 Å². The molecule has 1 aromatic heterocycles. The highest BCUT2D eigenvalue weighted by molar-refractivity contribution is 6.20. The molecule has 0 fully saturated rings. The first-order valence-corrected chi connectivity index (χ1v) is 8.35. The van der Waals surface area contributed by atoms with Gasteiger partial charge < -0.3 is 9.30 Å². The highest BCUT2D eigenvalue weighted by Crippen LogP contribution is 2.34. The van der Waals surface area contributed by atoms with E-state index in [1.807, 2.05) is 26.0 Å². The smallest absolute Gasteiger partial charge is 0.147 e. The Hall–Kier alpha value is -1.22. The molecule has 1 aromatic carbocycles. The summed E-state index contributed by atoms with van der Waals surface area (Å²) in [6.45, 7) is 9.06. The minimum absolute atomic E-state index is 0.113. The monoisotopic (exact) mass is 308 g/mol. The van der Waals surface area contributed by atoms with Gasteiger partial charge in [0.1, 0.15) is 17.1 Å². The minimum Gasteiger partial charge on any atom is -0.492 e. The van der Waals surface area contributed by atoms with Crippen molar-refractivity contribution in [2.45, 2.75) is 58.4 Å². The Labute approximate surface area is 132 Å². The molecule has 0 N–H and O–H groups in total. The number of aromatic nitrogens is 2. The molecule has 3 nitrogen and oxygen atoms in total. The summed E-state index contributed by atoms with van der Waals surface area (Å²) in [5.74, 6) is 1.79. The standard InChI is InChI=1S/C17H25ClN2O/c1-5-9-13(6-2)20-14-10-8-11-15(21-7-3)16(14)19-17(20)12(4)18/h8,10-13H,5-7,9H2,1-4H3. The van der Waals surface area contributed by atoms with Crippen LogP contribution in [-0.4, -0.2) is 16.2 Å². The lowest BCUT2D eigenvalue weighted by molar-refractivity contribution is 0.343. The lowest BCUT2D eigenvalue weighted by Gasteiger charge is -2.20. The summed E-state index contributed by atoms with van der Waals surface area (Å²) < 4.78 is 8.04. The number of para-hydroxylation sites is 1.